The molecular weight excluding hydrogens is 289 g/mol. The summed E-state index contributed by atoms with van der Waals surface area (Å²) in [5.41, 5.74) is 2.34. The Balaban J connectivity index is 2.10. The van der Waals surface area contributed by atoms with Crippen molar-refractivity contribution in [2.24, 2.45) is 0 Å². The third-order valence-electron chi connectivity index (χ3n) is 3.12. The smallest absolute Gasteiger partial charge is 0.142 e. The molecule has 0 fully saturated rings. The molecule has 0 aromatic heterocycles. The Kier molecular flexibility index (Phi) is 5.45. The zero-order valence-corrected chi connectivity index (χ0v) is 13.0. The lowest BCUT2D eigenvalue weighted by Gasteiger charge is -2.13. The summed E-state index contributed by atoms with van der Waals surface area (Å²) in [6, 6.07) is 10.7. The van der Waals surface area contributed by atoms with Crippen molar-refractivity contribution in [2.45, 2.75) is 26.8 Å². The number of benzene rings is 2. The van der Waals surface area contributed by atoms with E-state index in [0.717, 1.165) is 23.4 Å². The number of hydrogen-bond donors (Lipinski definition) is 1. The van der Waals surface area contributed by atoms with E-state index in [-0.39, 0.29) is 5.82 Å². The zero-order valence-electron chi connectivity index (χ0n) is 12.2. The predicted molar refractivity (Wildman–Crippen MR) is 85.7 cm³/mol. The molecule has 2 aromatic carbocycles. The summed E-state index contributed by atoms with van der Waals surface area (Å²) in [6.07, 6.45) is 0.936. The predicted octanol–water partition coefficient (Wildman–Crippen LogP) is 5.19. The number of hydrogen-bond acceptors (Lipinski definition) is 2. The van der Waals surface area contributed by atoms with Gasteiger partial charge in [-0.2, -0.15) is 0 Å². The van der Waals surface area contributed by atoms with Gasteiger partial charge in [0.25, 0.3) is 0 Å². The highest BCUT2D eigenvalue weighted by Gasteiger charge is 2.06. The normalized spacial score (nSPS) is 10.5. The van der Waals surface area contributed by atoms with E-state index in [9.17, 15) is 4.39 Å². The van der Waals surface area contributed by atoms with Crippen molar-refractivity contribution in [3.63, 3.8) is 0 Å². The minimum absolute atomic E-state index is 0.192. The van der Waals surface area contributed by atoms with Gasteiger partial charge in [-0.3, -0.25) is 0 Å². The molecule has 0 heterocycles. The van der Waals surface area contributed by atoms with Crippen LogP contribution >= 0.6 is 11.6 Å². The Morgan fingerprint density at radius 2 is 2.00 bits per heavy atom. The van der Waals surface area contributed by atoms with E-state index in [2.05, 4.69) is 12.2 Å². The maximum atomic E-state index is 13.5. The molecule has 0 atom stereocenters. The van der Waals surface area contributed by atoms with Gasteiger partial charge in [0.2, 0.25) is 0 Å². The molecular formula is C17H19ClFNO. The fourth-order valence-electron chi connectivity index (χ4n) is 1.92. The second-order valence-corrected chi connectivity index (χ2v) is 5.36. The Hall–Kier alpha value is -1.74. The maximum Gasteiger partial charge on any atom is 0.142 e. The lowest BCUT2D eigenvalue weighted by molar-refractivity contribution is 0.319. The van der Waals surface area contributed by atoms with Crippen molar-refractivity contribution in [3.8, 4) is 5.75 Å². The van der Waals surface area contributed by atoms with Gasteiger partial charge < -0.3 is 10.1 Å². The van der Waals surface area contributed by atoms with Gasteiger partial charge in [0.15, 0.2) is 0 Å². The SMILES string of the molecule is CCCOc1ccc(Cl)cc1NCc1ccc(C)c(F)c1. The molecule has 2 aromatic rings. The third-order valence-corrected chi connectivity index (χ3v) is 3.36. The van der Waals surface area contributed by atoms with E-state index >= 15 is 0 Å². The monoisotopic (exact) mass is 307 g/mol. The summed E-state index contributed by atoms with van der Waals surface area (Å²) in [6.45, 7) is 4.97. The maximum absolute atomic E-state index is 13.5. The molecule has 112 valence electrons. The van der Waals surface area contributed by atoms with Crippen molar-refractivity contribution in [3.05, 3.63) is 58.4 Å². The summed E-state index contributed by atoms with van der Waals surface area (Å²) in [5, 5.41) is 3.89. The van der Waals surface area contributed by atoms with Crippen LogP contribution in [0.4, 0.5) is 10.1 Å². The van der Waals surface area contributed by atoms with Crippen LogP contribution in [-0.4, -0.2) is 6.61 Å². The first kappa shape index (κ1) is 15.6. The van der Waals surface area contributed by atoms with Gasteiger partial charge in [0.1, 0.15) is 11.6 Å². The molecule has 4 heteroatoms. The Morgan fingerprint density at radius 1 is 1.19 bits per heavy atom. The van der Waals surface area contributed by atoms with Gasteiger partial charge >= 0.3 is 0 Å². The molecule has 0 saturated heterocycles. The molecule has 0 unspecified atom stereocenters. The summed E-state index contributed by atoms with van der Waals surface area (Å²) in [4.78, 5) is 0. The average molecular weight is 308 g/mol. The van der Waals surface area contributed by atoms with Gasteiger partial charge in [-0.25, -0.2) is 4.39 Å². The Labute approximate surface area is 129 Å². The van der Waals surface area contributed by atoms with E-state index in [1.165, 1.54) is 0 Å². The van der Waals surface area contributed by atoms with Crippen molar-refractivity contribution in [1.29, 1.82) is 0 Å². The largest absolute Gasteiger partial charge is 0.491 e. The lowest BCUT2D eigenvalue weighted by atomic mass is 10.1. The van der Waals surface area contributed by atoms with Crippen LogP contribution in [0.1, 0.15) is 24.5 Å². The topological polar surface area (TPSA) is 21.3 Å². The molecule has 1 N–H and O–H groups in total. The first-order chi connectivity index (χ1) is 10.1. The number of aryl methyl sites for hydroxylation is 1. The highest BCUT2D eigenvalue weighted by atomic mass is 35.5. The quantitative estimate of drug-likeness (QED) is 0.793. The van der Waals surface area contributed by atoms with Crippen LogP contribution in [0, 0.1) is 12.7 Å². The number of rotatable bonds is 6. The molecule has 2 rings (SSSR count). The third kappa shape index (κ3) is 4.36. The summed E-state index contributed by atoms with van der Waals surface area (Å²) < 4.78 is 19.2. The fraction of sp³-hybridized carbons (Fsp3) is 0.294. The van der Waals surface area contributed by atoms with E-state index in [4.69, 9.17) is 16.3 Å². The van der Waals surface area contributed by atoms with E-state index < -0.39 is 0 Å². The molecule has 2 nitrogen and oxygen atoms in total. The number of ether oxygens (including phenoxy) is 1. The molecule has 0 amide bonds. The minimum atomic E-state index is -0.192. The van der Waals surface area contributed by atoms with E-state index in [1.807, 2.05) is 18.2 Å². The summed E-state index contributed by atoms with van der Waals surface area (Å²) >= 11 is 6.02. The number of anilines is 1. The molecule has 0 aliphatic carbocycles. The van der Waals surface area contributed by atoms with Crippen LogP contribution in [0.2, 0.25) is 5.02 Å². The van der Waals surface area contributed by atoms with Crippen LogP contribution in [-0.2, 0) is 6.54 Å². The van der Waals surface area contributed by atoms with Crippen LogP contribution in [0.5, 0.6) is 5.75 Å². The summed E-state index contributed by atoms with van der Waals surface area (Å²) in [5.74, 6) is 0.566. The van der Waals surface area contributed by atoms with Gasteiger partial charge in [0, 0.05) is 11.6 Å². The lowest BCUT2D eigenvalue weighted by Crippen LogP contribution is -2.04. The van der Waals surface area contributed by atoms with Crippen molar-refractivity contribution in [1.82, 2.24) is 0 Å². The number of nitrogens with one attached hydrogen (secondary N) is 1. The fourth-order valence-corrected chi connectivity index (χ4v) is 2.09. The van der Waals surface area contributed by atoms with Crippen LogP contribution in [0.3, 0.4) is 0 Å². The minimum Gasteiger partial charge on any atom is -0.491 e. The molecule has 0 bridgehead atoms. The Bertz CT molecular complexity index is 616. The summed E-state index contributed by atoms with van der Waals surface area (Å²) in [7, 11) is 0. The highest BCUT2D eigenvalue weighted by Crippen LogP contribution is 2.28. The Morgan fingerprint density at radius 3 is 2.71 bits per heavy atom. The van der Waals surface area contributed by atoms with Crippen molar-refractivity contribution < 1.29 is 9.13 Å². The standard InChI is InChI=1S/C17H19ClFNO/c1-3-8-21-17-7-6-14(18)10-16(17)20-11-13-5-4-12(2)15(19)9-13/h4-7,9-10,20H,3,8,11H2,1-2H3. The van der Waals surface area contributed by atoms with Crippen molar-refractivity contribution in [2.75, 3.05) is 11.9 Å². The molecule has 0 spiro atoms. The van der Waals surface area contributed by atoms with Crippen molar-refractivity contribution >= 4 is 17.3 Å². The number of halogens is 2. The second-order valence-electron chi connectivity index (χ2n) is 4.93. The average Bonchev–Trinajstić information content (AvgIpc) is 2.47. The zero-order chi connectivity index (χ0) is 15.2. The molecule has 21 heavy (non-hydrogen) atoms. The first-order valence-electron chi connectivity index (χ1n) is 7.01. The van der Waals surface area contributed by atoms with E-state index in [1.54, 1.807) is 25.1 Å². The van der Waals surface area contributed by atoms with Gasteiger partial charge in [-0.1, -0.05) is 30.7 Å². The van der Waals surface area contributed by atoms with Gasteiger partial charge in [-0.05, 0) is 48.7 Å². The molecule has 0 aliphatic rings. The van der Waals surface area contributed by atoms with Gasteiger partial charge in [0.05, 0.1) is 12.3 Å². The first-order valence-corrected chi connectivity index (χ1v) is 7.39. The highest BCUT2D eigenvalue weighted by molar-refractivity contribution is 6.30. The molecule has 0 radical (unpaired) electrons. The van der Waals surface area contributed by atoms with E-state index in [0.29, 0.717) is 23.7 Å². The second kappa shape index (κ2) is 7.32. The van der Waals surface area contributed by atoms with Crippen LogP contribution < -0.4 is 10.1 Å². The molecule has 0 saturated carbocycles. The van der Waals surface area contributed by atoms with Crippen LogP contribution in [0.25, 0.3) is 0 Å². The molecule has 0 aliphatic heterocycles. The van der Waals surface area contributed by atoms with Gasteiger partial charge in [-0.15, -0.1) is 0 Å². The van der Waals surface area contributed by atoms with Crippen LogP contribution in [0.15, 0.2) is 36.4 Å².